The van der Waals surface area contributed by atoms with Crippen LogP contribution in [-0.2, 0) is 0 Å². The second-order valence-corrected chi connectivity index (χ2v) is 11.1. The summed E-state index contributed by atoms with van der Waals surface area (Å²) >= 11 is 0. The summed E-state index contributed by atoms with van der Waals surface area (Å²) in [6, 6.07) is 0. The Morgan fingerprint density at radius 3 is 1.09 bits per heavy atom. The highest BCUT2D eigenvalue weighted by molar-refractivity contribution is 5.22. The first-order valence-corrected chi connectivity index (χ1v) is 9.99. The molecule has 0 nitrogen and oxygen atoms in total. The summed E-state index contributed by atoms with van der Waals surface area (Å²) in [5.74, 6) is 4.57. The molecule has 4 saturated carbocycles. The highest BCUT2D eigenvalue weighted by atomic mass is 14.7. The van der Waals surface area contributed by atoms with Crippen LogP contribution in [0.5, 0.6) is 0 Å². The van der Waals surface area contributed by atoms with E-state index in [4.69, 9.17) is 0 Å². The molecule has 0 aromatic heterocycles. The lowest BCUT2D eigenvalue weighted by atomic mass is 9.37. The molecule has 4 fully saturated rings. The van der Waals surface area contributed by atoms with Gasteiger partial charge in [0, 0.05) is 0 Å². The van der Waals surface area contributed by atoms with Gasteiger partial charge in [0.05, 0.1) is 0 Å². The summed E-state index contributed by atoms with van der Waals surface area (Å²) in [7, 11) is 0. The van der Waals surface area contributed by atoms with Crippen LogP contribution in [0.25, 0.3) is 0 Å². The molecule has 0 heteroatoms. The minimum Gasteiger partial charge on any atom is -0.0628 e. The molecule has 4 bridgehead atoms. The molecule has 0 aromatic carbocycles. The summed E-state index contributed by atoms with van der Waals surface area (Å²) in [5, 5.41) is 0. The minimum absolute atomic E-state index is 0.683. The molecule has 0 amide bonds. The fraction of sp³-hybridized carbons (Fsp3) is 0.955. The Morgan fingerprint density at radius 1 is 0.591 bits per heavy atom. The van der Waals surface area contributed by atoms with Gasteiger partial charge in [-0.1, -0.05) is 41.5 Å². The van der Waals surface area contributed by atoms with E-state index in [0.29, 0.717) is 16.2 Å². The van der Waals surface area contributed by atoms with E-state index < -0.39 is 0 Å². The molecule has 0 heterocycles. The van der Waals surface area contributed by atoms with E-state index in [0.717, 1.165) is 17.8 Å². The van der Waals surface area contributed by atoms with Crippen molar-refractivity contribution in [2.24, 2.45) is 34.0 Å². The Kier molecular flexibility index (Phi) is 4.23. The van der Waals surface area contributed by atoms with Gasteiger partial charge in [0.15, 0.2) is 0 Å². The number of rotatable bonds is 6. The van der Waals surface area contributed by atoms with Crippen molar-refractivity contribution >= 4 is 0 Å². The summed E-state index contributed by atoms with van der Waals surface area (Å²) in [5.41, 5.74) is 2.05. The second kappa shape index (κ2) is 5.52. The largest absolute Gasteiger partial charge is 0.0628 e. The van der Waals surface area contributed by atoms with Gasteiger partial charge in [0.25, 0.3) is 0 Å². The zero-order chi connectivity index (χ0) is 16.2. The topological polar surface area (TPSA) is 0 Å². The van der Waals surface area contributed by atoms with Crippen LogP contribution in [0, 0.1) is 39.9 Å². The molecule has 0 unspecified atom stereocenters. The van der Waals surface area contributed by atoms with Gasteiger partial charge in [0.2, 0.25) is 0 Å². The van der Waals surface area contributed by atoms with Gasteiger partial charge in [-0.25, -0.2) is 0 Å². The molecule has 4 aliphatic rings. The average Bonchev–Trinajstić information content (AvgIpc) is 2.19. The zero-order valence-corrected chi connectivity index (χ0v) is 16.1. The minimum atomic E-state index is 0.683. The van der Waals surface area contributed by atoms with E-state index in [2.05, 4.69) is 41.5 Å². The normalized spacial score (nSPS) is 41.3. The lowest BCUT2D eigenvalue weighted by molar-refractivity contribution is -0.133. The van der Waals surface area contributed by atoms with Crippen molar-refractivity contribution in [3.05, 3.63) is 5.92 Å². The first kappa shape index (κ1) is 16.8. The monoisotopic (exact) mass is 303 g/mol. The summed E-state index contributed by atoms with van der Waals surface area (Å²) in [4.78, 5) is 0. The standard InChI is InChI=1S/C22H39/c1-16(2)7-20-10-19-11-21(13-20,8-17(3)4)15-22(12-19,14-20)9-18(5)6/h16-18H,7-15H2,1-6H3. The fourth-order valence-corrected chi connectivity index (χ4v) is 7.98. The van der Waals surface area contributed by atoms with Gasteiger partial charge in [-0.15, -0.1) is 0 Å². The highest BCUT2D eigenvalue weighted by Crippen LogP contribution is 2.74. The molecule has 0 aliphatic heterocycles. The van der Waals surface area contributed by atoms with Crippen molar-refractivity contribution in [2.45, 2.75) is 99.3 Å². The van der Waals surface area contributed by atoms with Crippen LogP contribution in [0.15, 0.2) is 0 Å². The molecule has 1 radical (unpaired) electrons. The lowest BCUT2D eigenvalue weighted by Gasteiger charge is -2.68. The van der Waals surface area contributed by atoms with E-state index in [1.807, 2.05) is 5.92 Å². The first-order chi connectivity index (χ1) is 10.2. The van der Waals surface area contributed by atoms with Crippen molar-refractivity contribution in [3.8, 4) is 0 Å². The molecule has 127 valence electrons. The van der Waals surface area contributed by atoms with E-state index in [1.54, 1.807) is 19.3 Å². The molecule has 0 saturated heterocycles. The second-order valence-electron chi connectivity index (χ2n) is 11.1. The van der Waals surface area contributed by atoms with Gasteiger partial charge in [-0.3, -0.25) is 0 Å². The summed E-state index contributed by atoms with van der Waals surface area (Å²) < 4.78 is 0. The molecule has 4 rings (SSSR count). The Hall–Kier alpha value is 0. The van der Waals surface area contributed by atoms with Crippen LogP contribution in [0.3, 0.4) is 0 Å². The van der Waals surface area contributed by atoms with Crippen molar-refractivity contribution in [1.29, 1.82) is 0 Å². The third-order valence-electron chi connectivity index (χ3n) is 6.65. The number of hydrogen-bond acceptors (Lipinski definition) is 0. The summed E-state index contributed by atoms with van der Waals surface area (Å²) in [6.45, 7) is 14.7. The first-order valence-electron chi connectivity index (χ1n) is 9.99. The predicted octanol–water partition coefficient (Wildman–Crippen LogP) is 7.04. The maximum Gasteiger partial charge on any atom is -0.0224 e. The average molecular weight is 304 g/mol. The van der Waals surface area contributed by atoms with E-state index in [9.17, 15) is 0 Å². The zero-order valence-electron chi connectivity index (χ0n) is 16.1. The van der Waals surface area contributed by atoms with E-state index >= 15 is 0 Å². The summed E-state index contributed by atoms with van der Waals surface area (Å²) in [6.07, 6.45) is 13.6. The van der Waals surface area contributed by atoms with Gasteiger partial charge in [-0.05, 0) is 97.7 Å². The Morgan fingerprint density at radius 2 is 0.864 bits per heavy atom. The van der Waals surface area contributed by atoms with Crippen molar-refractivity contribution in [2.75, 3.05) is 0 Å². The fourth-order valence-electron chi connectivity index (χ4n) is 7.98. The Bertz CT molecular complexity index is 320. The van der Waals surface area contributed by atoms with Crippen molar-refractivity contribution < 1.29 is 0 Å². The molecule has 0 atom stereocenters. The quantitative estimate of drug-likeness (QED) is 0.493. The molecule has 0 N–H and O–H groups in total. The van der Waals surface area contributed by atoms with Gasteiger partial charge >= 0.3 is 0 Å². The maximum atomic E-state index is 2.45. The van der Waals surface area contributed by atoms with Crippen LogP contribution in [-0.4, -0.2) is 0 Å². The van der Waals surface area contributed by atoms with Gasteiger partial charge in [0.1, 0.15) is 0 Å². The lowest BCUT2D eigenvalue weighted by Crippen LogP contribution is -2.57. The van der Waals surface area contributed by atoms with Gasteiger partial charge in [-0.2, -0.15) is 0 Å². The highest BCUT2D eigenvalue weighted by Gasteiger charge is 2.62. The van der Waals surface area contributed by atoms with Crippen LogP contribution < -0.4 is 0 Å². The molecular formula is C22H39. The van der Waals surface area contributed by atoms with Crippen LogP contribution in [0.1, 0.15) is 99.3 Å². The Balaban J connectivity index is 1.92. The van der Waals surface area contributed by atoms with Gasteiger partial charge < -0.3 is 0 Å². The SMILES string of the molecule is CC(C)CC12C[C]3CC(CC(C)C)(C1)CC(CC(C)C)(C3)C2. The van der Waals surface area contributed by atoms with Crippen LogP contribution in [0.4, 0.5) is 0 Å². The van der Waals surface area contributed by atoms with E-state index in [1.165, 1.54) is 38.5 Å². The maximum absolute atomic E-state index is 2.45. The molecule has 0 spiro atoms. The third kappa shape index (κ3) is 3.13. The molecule has 22 heavy (non-hydrogen) atoms. The van der Waals surface area contributed by atoms with Crippen molar-refractivity contribution in [3.63, 3.8) is 0 Å². The van der Waals surface area contributed by atoms with E-state index in [-0.39, 0.29) is 0 Å². The number of hydrogen-bond donors (Lipinski definition) is 0. The molecular weight excluding hydrogens is 264 g/mol. The Labute approximate surface area is 139 Å². The third-order valence-corrected chi connectivity index (χ3v) is 6.65. The van der Waals surface area contributed by atoms with Crippen molar-refractivity contribution in [1.82, 2.24) is 0 Å². The smallest absolute Gasteiger partial charge is 0.0224 e. The molecule has 4 aliphatic carbocycles. The van der Waals surface area contributed by atoms with Crippen LogP contribution in [0.2, 0.25) is 0 Å². The van der Waals surface area contributed by atoms with Crippen LogP contribution >= 0.6 is 0 Å². The predicted molar refractivity (Wildman–Crippen MR) is 96.6 cm³/mol. The molecule has 0 aromatic rings.